The van der Waals surface area contributed by atoms with Crippen molar-refractivity contribution in [1.82, 2.24) is 0 Å². The molecule has 0 aliphatic heterocycles. The van der Waals surface area contributed by atoms with Crippen LogP contribution < -0.4 is 0 Å². The van der Waals surface area contributed by atoms with Crippen molar-refractivity contribution in [3.8, 4) is 0 Å². The van der Waals surface area contributed by atoms with Crippen molar-refractivity contribution in [2.45, 2.75) is 19.3 Å². The lowest BCUT2D eigenvalue weighted by Gasteiger charge is -2.01. The first-order valence-corrected chi connectivity index (χ1v) is 4.20. The van der Waals surface area contributed by atoms with Crippen LogP contribution in [0.2, 0.25) is 0 Å². The first-order chi connectivity index (χ1) is 5.92. The van der Waals surface area contributed by atoms with E-state index in [-0.39, 0.29) is 0 Å². The van der Waals surface area contributed by atoms with Gasteiger partial charge in [-0.25, -0.2) is 0 Å². The van der Waals surface area contributed by atoms with Gasteiger partial charge in [-0.3, -0.25) is 0 Å². The summed E-state index contributed by atoms with van der Waals surface area (Å²) in [6.45, 7) is 0. The van der Waals surface area contributed by atoms with E-state index in [4.69, 9.17) is 5.21 Å². The van der Waals surface area contributed by atoms with Gasteiger partial charge in [-0.15, -0.1) is 0 Å². The molecule has 0 saturated carbocycles. The summed E-state index contributed by atoms with van der Waals surface area (Å²) in [7, 11) is 0. The van der Waals surface area contributed by atoms with E-state index in [1.807, 2.05) is 12.1 Å². The van der Waals surface area contributed by atoms with Gasteiger partial charge in [0.05, 0.1) is 6.21 Å². The third kappa shape index (κ3) is 1.09. The molecule has 0 aromatic heterocycles. The van der Waals surface area contributed by atoms with E-state index in [0.717, 1.165) is 12.0 Å². The molecule has 0 heterocycles. The predicted molar refractivity (Wildman–Crippen MR) is 47.8 cm³/mol. The highest BCUT2D eigenvalue weighted by molar-refractivity contribution is 5.82. The second kappa shape index (κ2) is 2.97. The normalized spacial score (nSPS) is 15.3. The Labute approximate surface area is 71.5 Å². The minimum Gasteiger partial charge on any atom is -0.411 e. The lowest BCUT2D eigenvalue weighted by molar-refractivity contribution is 0.322. The lowest BCUT2D eigenvalue weighted by atomic mass is 10.0. The van der Waals surface area contributed by atoms with Crippen LogP contribution in [-0.2, 0) is 12.8 Å². The summed E-state index contributed by atoms with van der Waals surface area (Å²) < 4.78 is 0. The topological polar surface area (TPSA) is 32.6 Å². The summed E-state index contributed by atoms with van der Waals surface area (Å²) in [6.07, 6.45) is 5.04. The van der Waals surface area contributed by atoms with E-state index in [9.17, 15) is 0 Å². The van der Waals surface area contributed by atoms with E-state index in [1.165, 1.54) is 30.2 Å². The maximum absolute atomic E-state index is 8.42. The third-order valence-electron chi connectivity index (χ3n) is 2.38. The average molecular weight is 161 g/mol. The molecule has 1 aliphatic rings. The van der Waals surface area contributed by atoms with E-state index >= 15 is 0 Å². The van der Waals surface area contributed by atoms with Crippen LogP contribution >= 0.6 is 0 Å². The Kier molecular flexibility index (Phi) is 1.82. The Balaban J connectivity index is 2.49. The number of aryl methyl sites for hydroxylation is 1. The molecule has 0 radical (unpaired) electrons. The third-order valence-corrected chi connectivity index (χ3v) is 2.38. The van der Waals surface area contributed by atoms with Gasteiger partial charge >= 0.3 is 0 Å². The monoisotopic (exact) mass is 161 g/mol. The number of oxime groups is 1. The van der Waals surface area contributed by atoms with Crippen molar-refractivity contribution in [2.24, 2.45) is 5.16 Å². The number of benzene rings is 1. The molecular weight excluding hydrogens is 150 g/mol. The van der Waals surface area contributed by atoms with E-state index in [2.05, 4.69) is 11.2 Å². The van der Waals surface area contributed by atoms with Crippen molar-refractivity contribution in [3.63, 3.8) is 0 Å². The van der Waals surface area contributed by atoms with Crippen molar-refractivity contribution in [2.75, 3.05) is 0 Å². The second-order valence-corrected chi connectivity index (χ2v) is 3.08. The number of hydrogen-bond acceptors (Lipinski definition) is 2. The van der Waals surface area contributed by atoms with Gasteiger partial charge in [0.25, 0.3) is 0 Å². The quantitative estimate of drug-likeness (QED) is 0.381. The van der Waals surface area contributed by atoms with Crippen LogP contribution in [0.4, 0.5) is 0 Å². The van der Waals surface area contributed by atoms with Crippen LogP contribution in [0.5, 0.6) is 0 Å². The van der Waals surface area contributed by atoms with E-state index in [0.29, 0.717) is 0 Å². The number of hydrogen-bond donors (Lipinski definition) is 1. The molecule has 0 bridgehead atoms. The van der Waals surface area contributed by atoms with Crippen LogP contribution in [-0.4, -0.2) is 11.4 Å². The SMILES string of the molecule is O/N=C/c1cccc2c1CCC2. The van der Waals surface area contributed by atoms with E-state index in [1.54, 1.807) is 0 Å². The van der Waals surface area contributed by atoms with Gasteiger partial charge in [0.15, 0.2) is 0 Å². The zero-order chi connectivity index (χ0) is 8.39. The fourth-order valence-electron chi connectivity index (χ4n) is 1.83. The molecule has 1 aliphatic carbocycles. The fourth-order valence-corrected chi connectivity index (χ4v) is 1.83. The fraction of sp³-hybridized carbons (Fsp3) is 0.300. The molecule has 0 spiro atoms. The molecule has 1 aromatic rings. The molecule has 1 aromatic carbocycles. The van der Waals surface area contributed by atoms with Gasteiger partial charge in [0.2, 0.25) is 0 Å². The molecule has 2 heteroatoms. The van der Waals surface area contributed by atoms with Crippen molar-refractivity contribution in [3.05, 3.63) is 34.9 Å². The molecule has 12 heavy (non-hydrogen) atoms. The molecule has 62 valence electrons. The number of nitrogens with zero attached hydrogens (tertiary/aromatic N) is 1. The standard InChI is InChI=1S/C10H11NO/c12-11-7-9-5-1-3-8-4-2-6-10(8)9/h1,3,5,7,12H,2,4,6H2/b11-7+. The van der Waals surface area contributed by atoms with Crippen LogP contribution in [0, 0.1) is 0 Å². The first-order valence-electron chi connectivity index (χ1n) is 4.20. The molecule has 0 amide bonds. The van der Waals surface area contributed by atoms with Crippen LogP contribution in [0.3, 0.4) is 0 Å². The minimum atomic E-state index is 1.06. The summed E-state index contributed by atoms with van der Waals surface area (Å²) >= 11 is 0. The summed E-state index contributed by atoms with van der Waals surface area (Å²) in [6, 6.07) is 6.15. The molecule has 2 nitrogen and oxygen atoms in total. The molecule has 0 atom stereocenters. The highest BCUT2D eigenvalue weighted by atomic mass is 16.4. The average Bonchev–Trinajstić information content (AvgIpc) is 2.53. The molecule has 2 rings (SSSR count). The van der Waals surface area contributed by atoms with E-state index < -0.39 is 0 Å². The Bertz CT molecular complexity index is 318. The molecular formula is C10H11NO. The summed E-state index contributed by atoms with van der Waals surface area (Å²) in [5.41, 5.74) is 3.83. The smallest absolute Gasteiger partial charge is 0.0736 e. The Morgan fingerprint density at radius 3 is 3.08 bits per heavy atom. The van der Waals surface area contributed by atoms with Crippen LogP contribution in [0.25, 0.3) is 0 Å². The molecule has 1 N–H and O–H groups in total. The summed E-state index contributed by atoms with van der Waals surface area (Å²) in [4.78, 5) is 0. The van der Waals surface area contributed by atoms with Crippen LogP contribution in [0.1, 0.15) is 23.1 Å². The van der Waals surface area contributed by atoms with Gasteiger partial charge in [0.1, 0.15) is 0 Å². The number of fused-ring (bicyclic) bond motifs is 1. The van der Waals surface area contributed by atoms with Gasteiger partial charge in [-0.2, -0.15) is 0 Å². The van der Waals surface area contributed by atoms with Crippen molar-refractivity contribution < 1.29 is 5.21 Å². The van der Waals surface area contributed by atoms with Crippen molar-refractivity contribution >= 4 is 6.21 Å². The minimum absolute atomic E-state index is 1.06. The highest BCUT2D eigenvalue weighted by Gasteiger charge is 2.12. The summed E-state index contributed by atoms with van der Waals surface area (Å²) in [5, 5.41) is 11.5. The molecule has 0 unspecified atom stereocenters. The maximum atomic E-state index is 8.42. The van der Waals surface area contributed by atoms with Gasteiger partial charge < -0.3 is 5.21 Å². The summed E-state index contributed by atoms with van der Waals surface area (Å²) in [5.74, 6) is 0. The second-order valence-electron chi connectivity index (χ2n) is 3.08. The lowest BCUT2D eigenvalue weighted by Crippen LogP contribution is -1.90. The van der Waals surface area contributed by atoms with Gasteiger partial charge in [-0.05, 0) is 36.0 Å². The molecule has 0 saturated heterocycles. The maximum Gasteiger partial charge on any atom is 0.0736 e. The first kappa shape index (κ1) is 7.35. The largest absolute Gasteiger partial charge is 0.411 e. The van der Waals surface area contributed by atoms with Crippen LogP contribution in [0.15, 0.2) is 23.4 Å². The van der Waals surface area contributed by atoms with Crippen molar-refractivity contribution in [1.29, 1.82) is 0 Å². The zero-order valence-corrected chi connectivity index (χ0v) is 6.83. The Morgan fingerprint density at radius 1 is 1.33 bits per heavy atom. The Hall–Kier alpha value is -1.31. The molecule has 0 fully saturated rings. The zero-order valence-electron chi connectivity index (χ0n) is 6.83. The van der Waals surface area contributed by atoms with Gasteiger partial charge in [-0.1, -0.05) is 23.4 Å². The predicted octanol–water partition coefficient (Wildman–Crippen LogP) is 1.98. The Morgan fingerprint density at radius 2 is 2.25 bits per heavy atom. The highest BCUT2D eigenvalue weighted by Crippen LogP contribution is 2.23. The number of rotatable bonds is 1. The van der Waals surface area contributed by atoms with Gasteiger partial charge in [0, 0.05) is 0 Å².